The second-order valence-electron chi connectivity index (χ2n) is 8.50. The summed E-state index contributed by atoms with van der Waals surface area (Å²) < 4.78 is 2.38. The van der Waals surface area contributed by atoms with E-state index in [9.17, 15) is 0 Å². The fourth-order valence-electron chi connectivity index (χ4n) is 4.50. The maximum absolute atomic E-state index is 2.46. The van der Waals surface area contributed by atoms with E-state index in [1.807, 2.05) is 0 Å². The molecule has 2 aromatic carbocycles. The molecule has 0 N–H and O–H groups in total. The topological polar surface area (TPSA) is 3.88 Å². The van der Waals surface area contributed by atoms with Crippen LogP contribution in [0.1, 0.15) is 61.6 Å². The molecule has 0 atom stereocenters. The zero-order chi connectivity index (χ0) is 18.1. The van der Waals surface area contributed by atoms with Crippen LogP contribution in [0.25, 0.3) is 22.0 Å². The van der Waals surface area contributed by atoms with E-state index in [4.69, 9.17) is 0 Å². The summed E-state index contributed by atoms with van der Waals surface area (Å²) >= 11 is 0. The maximum Gasteiger partial charge on any atom is 0.221 e. The minimum Gasteiger partial charge on any atom is -0.198 e. The van der Waals surface area contributed by atoms with Crippen LogP contribution in [0.3, 0.4) is 0 Å². The molecule has 0 saturated carbocycles. The van der Waals surface area contributed by atoms with Crippen molar-refractivity contribution in [3.63, 3.8) is 0 Å². The molecule has 25 heavy (non-hydrogen) atoms. The van der Waals surface area contributed by atoms with E-state index >= 15 is 0 Å². The molecule has 1 heteroatoms. The van der Waals surface area contributed by atoms with Gasteiger partial charge in [-0.25, -0.2) is 0 Å². The quantitative estimate of drug-likeness (QED) is 0.503. The summed E-state index contributed by atoms with van der Waals surface area (Å²) in [4.78, 5) is 0. The van der Waals surface area contributed by atoms with Gasteiger partial charge in [0.1, 0.15) is 7.05 Å². The van der Waals surface area contributed by atoms with Crippen LogP contribution in [-0.4, -0.2) is 0 Å². The summed E-state index contributed by atoms with van der Waals surface area (Å²) in [6.07, 6.45) is 0. The van der Waals surface area contributed by atoms with E-state index in [1.165, 1.54) is 50.0 Å². The number of aryl methyl sites for hydroxylation is 2. The molecule has 1 aromatic heterocycles. The van der Waals surface area contributed by atoms with Crippen molar-refractivity contribution in [1.29, 1.82) is 0 Å². The first-order valence-corrected chi connectivity index (χ1v) is 9.31. The Morgan fingerprint density at radius 3 is 2.36 bits per heavy atom. The number of benzene rings is 2. The predicted molar refractivity (Wildman–Crippen MR) is 106 cm³/mol. The van der Waals surface area contributed by atoms with E-state index in [0.29, 0.717) is 5.92 Å². The minimum atomic E-state index is 0.0137. The predicted octanol–water partition coefficient (Wildman–Crippen LogP) is 5.71. The summed E-state index contributed by atoms with van der Waals surface area (Å²) in [5.74, 6) is 0.535. The molecule has 0 bridgehead atoms. The number of hydrogen-bond acceptors (Lipinski definition) is 0. The molecule has 0 fully saturated rings. The molecule has 1 aliphatic carbocycles. The van der Waals surface area contributed by atoms with Crippen molar-refractivity contribution in [2.24, 2.45) is 7.05 Å². The van der Waals surface area contributed by atoms with Crippen LogP contribution >= 0.6 is 0 Å². The van der Waals surface area contributed by atoms with Crippen LogP contribution in [0.2, 0.25) is 0 Å². The Labute approximate surface area is 151 Å². The summed E-state index contributed by atoms with van der Waals surface area (Å²) in [5.41, 5.74) is 9.85. The van der Waals surface area contributed by atoms with Gasteiger partial charge in [0.15, 0.2) is 5.69 Å². The molecule has 128 valence electrons. The van der Waals surface area contributed by atoms with Gasteiger partial charge in [-0.05, 0) is 40.5 Å². The van der Waals surface area contributed by atoms with E-state index in [1.54, 1.807) is 0 Å². The van der Waals surface area contributed by atoms with Gasteiger partial charge in [-0.3, -0.25) is 0 Å². The molecule has 0 saturated heterocycles. The molecule has 0 radical (unpaired) electrons. The standard InChI is InChI=1S/C24H28N/c1-14(2)17-12-18-11-16(4)25(7)23-21-15(3)9-8-10-19(21)24(5,6)20(13-17)22(18)23/h8-14H,1-7H3/q+1. The van der Waals surface area contributed by atoms with Gasteiger partial charge in [0.2, 0.25) is 5.69 Å². The zero-order valence-electron chi connectivity index (χ0n) is 16.5. The Bertz CT molecular complexity index is 1020. The first-order chi connectivity index (χ1) is 11.7. The molecular formula is C24H28N+. The van der Waals surface area contributed by atoms with Gasteiger partial charge in [0.25, 0.3) is 0 Å². The first kappa shape index (κ1) is 16.3. The van der Waals surface area contributed by atoms with Gasteiger partial charge in [-0.1, -0.05) is 58.0 Å². The highest BCUT2D eigenvalue weighted by atomic mass is 14.9. The molecular weight excluding hydrogens is 302 g/mol. The lowest BCUT2D eigenvalue weighted by Gasteiger charge is -2.35. The highest BCUT2D eigenvalue weighted by Gasteiger charge is 2.39. The Balaban J connectivity index is 2.30. The van der Waals surface area contributed by atoms with Gasteiger partial charge in [-0.2, -0.15) is 4.57 Å². The molecule has 3 aromatic rings. The third-order valence-electron chi connectivity index (χ3n) is 6.18. The SMILES string of the molecule is Cc1cccc2c1-c1c3c(cc(C(C)C)cc3cc(C)[n+]1C)C2(C)C. The second kappa shape index (κ2) is 5.17. The van der Waals surface area contributed by atoms with Gasteiger partial charge in [0.05, 0.1) is 10.9 Å². The molecule has 1 nitrogen and oxygen atoms in total. The van der Waals surface area contributed by atoms with Crippen molar-refractivity contribution >= 4 is 10.8 Å². The van der Waals surface area contributed by atoms with Gasteiger partial charge < -0.3 is 0 Å². The third kappa shape index (κ3) is 2.11. The Morgan fingerprint density at radius 1 is 0.960 bits per heavy atom. The fourth-order valence-corrected chi connectivity index (χ4v) is 4.50. The van der Waals surface area contributed by atoms with Crippen molar-refractivity contribution < 1.29 is 4.57 Å². The highest BCUT2D eigenvalue weighted by Crippen LogP contribution is 2.49. The lowest BCUT2D eigenvalue weighted by Crippen LogP contribution is -2.38. The number of rotatable bonds is 1. The monoisotopic (exact) mass is 330 g/mol. The van der Waals surface area contributed by atoms with Crippen molar-refractivity contribution in [2.45, 2.75) is 52.9 Å². The normalized spacial score (nSPS) is 14.9. The summed E-state index contributed by atoms with van der Waals surface area (Å²) in [6, 6.07) is 14.0. The molecule has 1 aliphatic rings. The van der Waals surface area contributed by atoms with Crippen LogP contribution in [0, 0.1) is 13.8 Å². The van der Waals surface area contributed by atoms with Gasteiger partial charge in [-0.15, -0.1) is 0 Å². The van der Waals surface area contributed by atoms with Crippen LogP contribution in [0.15, 0.2) is 36.4 Å². The number of aromatic nitrogens is 1. The lowest BCUT2D eigenvalue weighted by atomic mass is 9.68. The van der Waals surface area contributed by atoms with Crippen LogP contribution in [-0.2, 0) is 12.5 Å². The van der Waals surface area contributed by atoms with Gasteiger partial charge in [0, 0.05) is 18.4 Å². The molecule has 0 spiro atoms. The molecule has 4 rings (SSSR count). The average molecular weight is 330 g/mol. The molecule has 0 unspecified atom stereocenters. The summed E-state index contributed by atoms with van der Waals surface area (Å²) in [6.45, 7) is 13.8. The number of pyridine rings is 1. The summed E-state index contributed by atoms with van der Waals surface area (Å²) in [7, 11) is 2.21. The largest absolute Gasteiger partial charge is 0.221 e. The maximum atomic E-state index is 2.46. The number of fused-ring (bicyclic) bond motifs is 2. The summed E-state index contributed by atoms with van der Waals surface area (Å²) in [5, 5.41) is 2.82. The Kier molecular flexibility index (Phi) is 3.38. The smallest absolute Gasteiger partial charge is 0.198 e. The third-order valence-corrected chi connectivity index (χ3v) is 6.18. The number of nitrogens with zero attached hydrogens (tertiary/aromatic N) is 1. The van der Waals surface area contributed by atoms with Crippen molar-refractivity contribution in [1.82, 2.24) is 0 Å². The highest BCUT2D eigenvalue weighted by molar-refractivity contribution is 6.01. The minimum absolute atomic E-state index is 0.0137. The molecule has 1 heterocycles. The average Bonchev–Trinajstić information content (AvgIpc) is 2.54. The Hall–Kier alpha value is -2.15. The van der Waals surface area contributed by atoms with Crippen LogP contribution < -0.4 is 4.57 Å². The van der Waals surface area contributed by atoms with Crippen molar-refractivity contribution in [3.05, 3.63) is 64.3 Å². The van der Waals surface area contributed by atoms with Crippen LogP contribution in [0.4, 0.5) is 0 Å². The first-order valence-electron chi connectivity index (χ1n) is 9.31. The van der Waals surface area contributed by atoms with Gasteiger partial charge >= 0.3 is 0 Å². The number of hydrogen-bond donors (Lipinski definition) is 0. The molecule has 0 amide bonds. The Morgan fingerprint density at radius 2 is 1.68 bits per heavy atom. The van der Waals surface area contributed by atoms with Crippen LogP contribution in [0.5, 0.6) is 0 Å². The van der Waals surface area contributed by atoms with Crippen molar-refractivity contribution in [2.75, 3.05) is 0 Å². The molecule has 0 aliphatic heterocycles. The van der Waals surface area contributed by atoms with E-state index in [2.05, 4.69) is 89.6 Å². The van der Waals surface area contributed by atoms with Crippen molar-refractivity contribution in [3.8, 4) is 11.3 Å². The van der Waals surface area contributed by atoms with E-state index in [-0.39, 0.29) is 5.41 Å². The fraction of sp³-hybridized carbons (Fsp3) is 0.375. The lowest BCUT2D eigenvalue weighted by molar-refractivity contribution is -0.665. The van der Waals surface area contributed by atoms with E-state index in [0.717, 1.165) is 0 Å². The zero-order valence-corrected chi connectivity index (χ0v) is 16.5. The second-order valence-corrected chi connectivity index (χ2v) is 8.50. The van der Waals surface area contributed by atoms with E-state index < -0.39 is 0 Å².